The number of hydrogen-bond donors (Lipinski definition) is 1. The first-order valence-electron chi connectivity index (χ1n) is 8.06. The van der Waals surface area contributed by atoms with Crippen LogP contribution in [0.4, 0.5) is 5.82 Å². The predicted octanol–water partition coefficient (Wildman–Crippen LogP) is 2.02. The molecule has 23 heavy (non-hydrogen) atoms. The van der Waals surface area contributed by atoms with E-state index in [1.807, 2.05) is 13.8 Å². The van der Waals surface area contributed by atoms with Crippen LogP contribution in [0.3, 0.4) is 0 Å². The van der Waals surface area contributed by atoms with Crippen molar-refractivity contribution in [2.75, 3.05) is 17.7 Å². The first-order chi connectivity index (χ1) is 10.8. The van der Waals surface area contributed by atoms with Gasteiger partial charge in [-0.1, -0.05) is 0 Å². The summed E-state index contributed by atoms with van der Waals surface area (Å²) in [7, 11) is -2.95. The number of fused-ring (bicyclic) bond motifs is 1. The molecule has 1 aliphatic carbocycles. The number of hydrogen-bond acceptors (Lipinski definition) is 5. The van der Waals surface area contributed by atoms with Crippen LogP contribution < -0.4 is 5.73 Å². The van der Waals surface area contributed by atoms with Crippen LogP contribution in [0.1, 0.15) is 36.3 Å². The molecule has 0 aromatic carbocycles. The molecule has 0 aliphatic heterocycles. The molecule has 0 atom stereocenters. The van der Waals surface area contributed by atoms with Crippen LogP contribution in [0.25, 0.3) is 11.0 Å². The molecule has 126 valence electrons. The highest BCUT2D eigenvalue weighted by Crippen LogP contribution is 2.34. The van der Waals surface area contributed by atoms with E-state index in [9.17, 15) is 8.42 Å². The lowest BCUT2D eigenvalue weighted by Crippen LogP contribution is -2.11. The topological polar surface area (TPSA) is 90.9 Å². The molecule has 2 heterocycles. The van der Waals surface area contributed by atoms with Crippen LogP contribution in [-0.4, -0.2) is 35.0 Å². The zero-order chi connectivity index (χ0) is 16.8. The third kappa shape index (κ3) is 3.49. The Labute approximate surface area is 137 Å². The maximum absolute atomic E-state index is 11.4. The molecule has 6 nitrogen and oxygen atoms in total. The quantitative estimate of drug-likeness (QED) is 0.871. The molecule has 0 unspecified atom stereocenters. The van der Waals surface area contributed by atoms with Crippen LogP contribution in [0.5, 0.6) is 0 Å². The van der Waals surface area contributed by atoms with Crippen molar-refractivity contribution in [2.24, 2.45) is 5.92 Å². The van der Waals surface area contributed by atoms with Crippen LogP contribution in [0.15, 0.2) is 0 Å². The Kier molecular flexibility index (Phi) is 4.08. The van der Waals surface area contributed by atoms with Gasteiger partial charge in [-0.25, -0.2) is 18.4 Å². The maximum Gasteiger partial charge on any atom is 0.151 e. The van der Waals surface area contributed by atoms with Crippen LogP contribution in [0, 0.1) is 19.8 Å². The fourth-order valence-corrected chi connectivity index (χ4v) is 3.66. The average Bonchev–Trinajstić information content (AvgIpc) is 3.17. The molecular weight excluding hydrogens is 312 g/mol. The Morgan fingerprint density at radius 3 is 2.57 bits per heavy atom. The highest BCUT2D eigenvalue weighted by molar-refractivity contribution is 7.90. The van der Waals surface area contributed by atoms with E-state index in [1.165, 1.54) is 19.1 Å². The van der Waals surface area contributed by atoms with Crippen molar-refractivity contribution >= 4 is 26.7 Å². The zero-order valence-electron chi connectivity index (χ0n) is 14.0. The number of nitrogens with zero attached hydrogens (tertiary/aromatic N) is 3. The number of aromatic nitrogens is 3. The smallest absolute Gasteiger partial charge is 0.151 e. The average molecular weight is 336 g/mol. The third-order valence-corrected chi connectivity index (χ3v) is 5.57. The largest absolute Gasteiger partial charge is 0.382 e. The Bertz CT molecular complexity index is 851. The van der Waals surface area contributed by atoms with E-state index >= 15 is 0 Å². The van der Waals surface area contributed by atoms with Crippen molar-refractivity contribution in [3.8, 4) is 0 Å². The summed E-state index contributed by atoms with van der Waals surface area (Å²) in [6, 6.07) is 0. The molecule has 2 N–H and O–H groups in total. The second-order valence-electron chi connectivity index (χ2n) is 6.72. The highest BCUT2D eigenvalue weighted by atomic mass is 32.2. The van der Waals surface area contributed by atoms with Gasteiger partial charge in [0.25, 0.3) is 0 Å². The summed E-state index contributed by atoms with van der Waals surface area (Å²) in [5.41, 5.74) is 9.81. The molecule has 3 rings (SSSR count). The number of nitrogens with two attached hydrogens (primary N) is 1. The summed E-state index contributed by atoms with van der Waals surface area (Å²) in [5, 5.41) is 0. The number of pyridine rings is 1. The van der Waals surface area contributed by atoms with Crippen LogP contribution >= 0.6 is 0 Å². The van der Waals surface area contributed by atoms with E-state index < -0.39 is 9.84 Å². The monoisotopic (exact) mass is 336 g/mol. The van der Waals surface area contributed by atoms with Gasteiger partial charge < -0.3 is 10.3 Å². The van der Waals surface area contributed by atoms with Gasteiger partial charge in [0.1, 0.15) is 21.2 Å². The first kappa shape index (κ1) is 16.2. The van der Waals surface area contributed by atoms with E-state index in [2.05, 4.69) is 9.55 Å². The Balaban J connectivity index is 2.03. The van der Waals surface area contributed by atoms with E-state index in [4.69, 9.17) is 10.7 Å². The van der Waals surface area contributed by atoms with Crippen molar-refractivity contribution in [2.45, 2.75) is 46.1 Å². The molecule has 1 saturated carbocycles. The van der Waals surface area contributed by atoms with Gasteiger partial charge in [-0.15, -0.1) is 0 Å². The number of rotatable bonds is 6. The highest BCUT2D eigenvalue weighted by Gasteiger charge is 2.26. The van der Waals surface area contributed by atoms with Crippen molar-refractivity contribution < 1.29 is 8.42 Å². The molecule has 1 aliphatic rings. The van der Waals surface area contributed by atoms with Crippen molar-refractivity contribution in [1.29, 1.82) is 0 Å². The second-order valence-corrected chi connectivity index (χ2v) is 8.98. The molecule has 0 amide bonds. The van der Waals surface area contributed by atoms with E-state index in [0.29, 0.717) is 24.7 Å². The van der Waals surface area contributed by atoms with Gasteiger partial charge in [0, 0.05) is 24.9 Å². The summed E-state index contributed by atoms with van der Waals surface area (Å²) in [4.78, 5) is 9.11. The Morgan fingerprint density at radius 2 is 1.96 bits per heavy atom. The van der Waals surface area contributed by atoms with Crippen LogP contribution in [0.2, 0.25) is 0 Å². The van der Waals surface area contributed by atoms with E-state index in [0.717, 1.165) is 34.5 Å². The minimum absolute atomic E-state index is 0.189. The molecule has 0 saturated heterocycles. The lowest BCUT2D eigenvalue weighted by molar-refractivity contribution is 0.587. The number of nitrogen functional groups attached to an aromatic ring is 1. The minimum atomic E-state index is -2.95. The number of imidazole rings is 1. The SMILES string of the molecule is Cc1nc(N)c2nc(CC3CC3)n(CCCS(C)(=O)=O)c2c1C. The fourth-order valence-electron chi connectivity index (χ4n) is 3.01. The lowest BCUT2D eigenvalue weighted by Gasteiger charge is -2.11. The van der Waals surface area contributed by atoms with Gasteiger partial charge in [-0.05, 0) is 44.6 Å². The number of sulfone groups is 1. The van der Waals surface area contributed by atoms with Crippen molar-refractivity contribution in [3.05, 3.63) is 17.1 Å². The molecule has 2 aromatic heterocycles. The van der Waals surface area contributed by atoms with Crippen LogP contribution in [-0.2, 0) is 22.8 Å². The third-order valence-electron chi connectivity index (χ3n) is 4.54. The lowest BCUT2D eigenvalue weighted by atomic mass is 10.2. The molecule has 1 fully saturated rings. The zero-order valence-corrected chi connectivity index (χ0v) is 14.8. The molecule has 2 aromatic rings. The van der Waals surface area contributed by atoms with E-state index in [-0.39, 0.29) is 5.75 Å². The molecule has 7 heteroatoms. The summed E-state index contributed by atoms with van der Waals surface area (Å²) in [6.07, 6.45) is 5.30. The Hall–Kier alpha value is -1.63. The predicted molar refractivity (Wildman–Crippen MR) is 92.2 cm³/mol. The maximum atomic E-state index is 11.4. The molecular formula is C16H24N4O2S. The van der Waals surface area contributed by atoms with Crippen molar-refractivity contribution in [3.63, 3.8) is 0 Å². The summed E-state index contributed by atoms with van der Waals surface area (Å²) < 4.78 is 25.0. The van der Waals surface area contributed by atoms with Gasteiger partial charge in [0.15, 0.2) is 5.82 Å². The summed E-state index contributed by atoms with van der Waals surface area (Å²) >= 11 is 0. The summed E-state index contributed by atoms with van der Waals surface area (Å²) in [5.74, 6) is 2.37. The van der Waals surface area contributed by atoms with E-state index in [1.54, 1.807) is 0 Å². The van der Waals surface area contributed by atoms with Gasteiger partial charge in [-0.3, -0.25) is 0 Å². The number of anilines is 1. The normalized spacial score (nSPS) is 15.4. The second kappa shape index (κ2) is 5.78. The Morgan fingerprint density at radius 1 is 1.26 bits per heavy atom. The standard InChI is InChI=1S/C16H24N4O2S/c1-10-11(2)18-16(17)14-15(10)20(7-4-8-23(3,21)22)13(19-14)9-12-5-6-12/h12H,4-9H2,1-3H3,(H2,17,18). The van der Waals surface area contributed by atoms with Crippen molar-refractivity contribution in [1.82, 2.24) is 14.5 Å². The summed E-state index contributed by atoms with van der Waals surface area (Å²) in [6.45, 7) is 4.62. The van der Waals surface area contributed by atoms with Gasteiger partial charge in [0.2, 0.25) is 0 Å². The first-order valence-corrected chi connectivity index (χ1v) is 10.1. The molecule has 0 bridgehead atoms. The molecule has 0 radical (unpaired) electrons. The molecule has 0 spiro atoms. The van der Waals surface area contributed by atoms with Gasteiger partial charge >= 0.3 is 0 Å². The van der Waals surface area contributed by atoms with Gasteiger partial charge in [-0.2, -0.15) is 0 Å². The number of aryl methyl sites for hydroxylation is 3. The van der Waals surface area contributed by atoms with Gasteiger partial charge in [0.05, 0.1) is 11.3 Å². The fraction of sp³-hybridized carbons (Fsp3) is 0.625. The minimum Gasteiger partial charge on any atom is -0.382 e.